The minimum Gasteiger partial charge on any atom is -0.306 e. The van der Waals surface area contributed by atoms with Crippen molar-refractivity contribution in [3.8, 4) is 0 Å². The Kier molecular flexibility index (Phi) is 3.05. The molecule has 1 heterocycles. The summed E-state index contributed by atoms with van der Waals surface area (Å²) in [5, 5.41) is 1.97. The molecule has 0 radical (unpaired) electrons. The number of rotatable bonds is 3. The van der Waals surface area contributed by atoms with Crippen molar-refractivity contribution in [3.05, 3.63) is 22.4 Å². The van der Waals surface area contributed by atoms with Crippen molar-refractivity contribution in [2.75, 3.05) is 5.75 Å². The third kappa shape index (κ3) is 2.60. The molecule has 1 aromatic rings. The van der Waals surface area contributed by atoms with Gasteiger partial charge in [-0.05, 0) is 17.9 Å². The van der Waals surface area contributed by atoms with Crippen LogP contribution in [0.4, 0.5) is 0 Å². The fourth-order valence-electron chi connectivity index (χ4n) is 0.643. The maximum Gasteiger partial charge on any atom is 0.153 e. The molecule has 2 nitrogen and oxygen atoms in total. The summed E-state index contributed by atoms with van der Waals surface area (Å²) in [6.45, 7) is 0. The Morgan fingerprint density at radius 3 is 3.00 bits per heavy atom. The van der Waals surface area contributed by atoms with Gasteiger partial charge < -0.3 is 4.55 Å². The van der Waals surface area contributed by atoms with Gasteiger partial charge in [0.25, 0.3) is 0 Å². The maximum atomic E-state index is 10.2. The van der Waals surface area contributed by atoms with Crippen LogP contribution in [0.15, 0.2) is 17.5 Å². The van der Waals surface area contributed by atoms with E-state index in [1.54, 1.807) is 11.3 Å². The second-order valence-corrected chi connectivity index (χ2v) is 3.94. The van der Waals surface area contributed by atoms with E-state index in [1.165, 1.54) is 4.88 Å². The standard InChI is InChI=1S/C6H8O2S2/c7-10(8)5-3-6-2-1-4-9-6/h1-2,4H,3,5H2,(H,7,8). The Morgan fingerprint density at radius 1 is 1.70 bits per heavy atom. The van der Waals surface area contributed by atoms with Crippen LogP contribution in [0, 0.1) is 0 Å². The zero-order chi connectivity index (χ0) is 7.40. The van der Waals surface area contributed by atoms with Crippen LogP contribution in [-0.4, -0.2) is 14.5 Å². The fourth-order valence-corrected chi connectivity index (χ4v) is 1.88. The number of aryl methyl sites for hydroxylation is 1. The monoisotopic (exact) mass is 176 g/mol. The summed E-state index contributed by atoms with van der Waals surface area (Å²) in [5.41, 5.74) is 0. The first-order chi connectivity index (χ1) is 4.79. The molecule has 1 rings (SSSR count). The second kappa shape index (κ2) is 3.85. The van der Waals surface area contributed by atoms with E-state index >= 15 is 0 Å². The Labute approximate surface area is 66.2 Å². The van der Waals surface area contributed by atoms with E-state index in [9.17, 15) is 4.21 Å². The first-order valence-electron chi connectivity index (χ1n) is 2.89. The Balaban J connectivity index is 2.35. The molecule has 1 unspecified atom stereocenters. The van der Waals surface area contributed by atoms with Gasteiger partial charge in [-0.1, -0.05) is 6.07 Å². The van der Waals surface area contributed by atoms with E-state index in [1.807, 2.05) is 17.5 Å². The lowest BCUT2D eigenvalue weighted by Gasteiger charge is -1.90. The molecular weight excluding hydrogens is 168 g/mol. The van der Waals surface area contributed by atoms with Gasteiger partial charge in [-0.25, -0.2) is 4.21 Å². The minimum atomic E-state index is -1.64. The van der Waals surface area contributed by atoms with Crippen molar-refractivity contribution < 1.29 is 8.76 Å². The van der Waals surface area contributed by atoms with Gasteiger partial charge in [-0.3, -0.25) is 0 Å². The van der Waals surface area contributed by atoms with Gasteiger partial charge in [0.2, 0.25) is 0 Å². The molecular formula is C6H8O2S2. The number of hydrogen-bond donors (Lipinski definition) is 1. The molecule has 0 aliphatic heterocycles. The van der Waals surface area contributed by atoms with Crippen LogP contribution in [0.25, 0.3) is 0 Å². The highest BCUT2D eigenvalue weighted by molar-refractivity contribution is 7.79. The van der Waals surface area contributed by atoms with Crippen molar-refractivity contribution in [2.45, 2.75) is 6.42 Å². The largest absolute Gasteiger partial charge is 0.306 e. The highest BCUT2D eigenvalue weighted by Gasteiger charge is 1.96. The SMILES string of the molecule is O=S(O)CCc1cccs1. The van der Waals surface area contributed by atoms with Crippen LogP contribution in [0.1, 0.15) is 4.88 Å². The predicted octanol–water partition coefficient (Wildman–Crippen LogP) is 1.51. The summed E-state index contributed by atoms with van der Waals surface area (Å²) in [5.74, 6) is 0.348. The summed E-state index contributed by atoms with van der Waals surface area (Å²) in [6, 6.07) is 3.91. The van der Waals surface area contributed by atoms with Crippen molar-refractivity contribution in [3.63, 3.8) is 0 Å². The van der Waals surface area contributed by atoms with Gasteiger partial charge in [0.15, 0.2) is 11.1 Å². The zero-order valence-corrected chi connectivity index (χ0v) is 6.95. The van der Waals surface area contributed by atoms with Gasteiger partial charge in [0.05, 0.1) is 5.75 Å². The molecule has 4 heteroatoms. The molecule has 0 spiro atoms. The topological polar surface area (TPSA) is 37.3 Å². The van der Waals surface area contributed by atoms with E-state index in [-0.39, 0.29) is 0 Å². The normalized spacial score (nSPS) is 13.3. The van der Waals surface area contributed by atoms with Gasteiger partial charge in [0.1, 0.15) is 0 Å². The molecule has 0 bridgehead atoms. The van der Waals surface area contributed by atoms with E-state index in [0.717, 1.165) is 0 Å². The lowest BCUT2D eigenvalue weighted by Crippen LogP contribution is -1.96. The molecule has 0 saturated carbocycles. The molecule has 0 saturated heterocycles. The third-order valence-corrected chi connectivity index (χ3v) is 2.59. The highest BCUT2D eigenvalue weighted by Crippen LogP contribution is 2.08. The van der Waals surface area contributed by atoms with Crippen LogP contribution >= 0.6 is 11.3 Å². The summed E-state index contributed by atoms with van der Waals surface area (Å²) in [4.78, 5) is 1.17. The Bertz CT molecular complexity index is 206. The van der Waals surface area contributed by atoms with Crippen LogP contribution in [0.3, 0.4) is 0 Å². The summed E-state index contributed by atoms with van der Waals surface area (Å²) in [7, 11) is 0. The van der Waals surface area contributed by atoms with E-state index in [4.69, 9.17) is 4.55 Å². The van der Waals surface area contributed by atoms with E-state index in [2.05, 4.69) is 0 Å². The van der Waals surface area contributed by atoms with Crippen molar-refractivity contribution in [2.24, 2.45) is 0 Å². The molecule has 10 heavy (non-hydrogen) atoms. The third-order valence-electron chi connectivity index (χ3n) is 1.10. The first-order valence-corrected chi connectivity index (χ1v) is 5.04. The maximum absolute atomic E-state index is 10.2. The molecule has 56 valence electrons. The van der Waals surface area contributed by atoms with Crippen LogP contribution in [0.5, 0.6) is 0 Å². The van der Waals surface area contributed by atoms with Crippen LogP contribution in [-0.2, 0) is 17.5 Å². The summed E-state index contributed by atoms with van der Waals surface area (Å²) >= 11 is -0.0242. The van der Waals surface area contributed by atoms with Crippen molar-refractivity contribution in [1.82, 2.24) is 0 Å². The van der Waals surface area contributed by atoms with Gasteiger partial charge in [-0.15, -0.1) is 11.3 Å². The average molecular weight is 176 g/mol. The average Bonchev–Trinajstić information content (AvgIpc) is 2.34. The lowest BCUT2D eigenvalue weighted by atomic mass is 10.4. The molecule has 1 aromatic heterocycles. The minimum absolute atomic E-state index is 0.348. The fraction of sp³-hybridized carbons (Fsp3) is 0.333. The summed E-state index contributed by atoms with van der Waals surface area (Å²) < 4.78 is 18.6. The number of hydrogen-bond acceptors (Lipinski definition) is 2. The Hall–Kier alpha value is -0.190. The molecule has 0 aliphatic rings. The second-order valence-electron chi connectivity index (χ2n) is 1.85. The van der Waals surface area contributed by atoms with Gasteiger partial charge in [0, 0.05) is 4.88 Å². The molecule has 0 aromatic carbocycles. The summed E-state index contributed by atoms with van der Waals surface area (Å²) in [6.07, 6.45) is 0.709. The quantitative estimate of drug-likeness (QED) is 0.709. The van der Waals surface area contributed by atoms with Crippen LogP contribution in [0.2, 0.25) is 0 Å². The first kappa shape index (κ1) is 7.91. The van der Waals surface area contributed by atoms with Gasteiger partial charge >= 0.3 is 0 Å². The predicted molar refractivity (Wildman–Crippen MR) is 43.7 cm³/mol. The van der Waals surface area contributed by atoms with Crippen molar-refractivity contribution >= 4 is 22.4 Å². The zero-order valence-electron chi connectivity index (χ0n) is 5.32. The van der Waals surface area contributed by atoms with E-state index in [0.29, 0.717) is 12.2 Å². The lowest BCUT2D eigenvalue weighted by molar-refractivity contribution is 0.564. The smallest absolute Gasteiger partial charge is 0.153 e. The van der Waals surface area contributed by atoms with E-state index < -0.39 is 11.1 Å². The molecule has 1 atom stereocenters. The van der Waals surface area contributed by atoms with Crippen molar-refractivity contribution in [1.29, 1.82) is 0 Å². The molecule has 1 N–H and O–H groups in total. The van der Waals surface area contributed by atoms with Gasteiger partial charge in [-0.2, -0.15) is 0 Å². The molecule has 0 amide bonds. The molecule has 0 fully saturated rings. The van der Waals surface area contributed by atoms with Crippen LogP contribution < -0.4 is 0 Å². The molecule has 0 aliphatic carbocycles. The Morgan fingerprint density at radius 2 is 2.50 bits per heavy atom. The number of thiophene rings is 1. The highest BCUT2D eigenvalue weighted by atomic mass is 32.2.